The molecule has 14 heteroatoms. The number of methoxy groups -OCH3 is 1. The van der Waals surface area contributed by atoms with Gasteiger partial charge in [-0.25, -0.2) is 4.98 Å². The third kappa shape index (κ3) is 8.32. The van der Waals surface area contributed by atoms with Crippen LogP contribution in [0.1, 0.15) is 36.8 Å². The molecule has 6 rings (SSSR count). The fraction of sp³-hybridized carbons (Fsp3) is 0.333. The average molecular weight is 726 g/mol. The number of halogens is 4. The molecule has 2 aromatic carbocycles. The van der Waals surface area contributed by atoms with Crippen molar-refractivity contribution in [1.82, 2.24) is 31.2 Å². The first-order valence-corrected chi connectivity index (χ1v) is 17.0. The van der Waals surface area contributed by atoms with Crippen molar-refractivity contribution in [3.05, 3.63) is 82.0 Å². The van der Waals surface area contributed by atoms with Gasteiger partial charge in [-0.1, -0.05) is 59.6 Å². The zero-order chi connectivity index (χ0) is 35.2. The maximum absolute atomic E-state index is 13.5. The van der Waals surface area contributed by atoms with Gasteiger partial charge in [0.15, 0.2) is 0 Å². The van der Waals surface area contributed by atoms with Crippen molar-refractivity contribution < 1.29 is 27.8 Å². The van der Waals surface area contributed by atoms with Crippen molar-refractivity contribution >= 4 is 35.0 Å². The Morgan fingerprint density at radius 3 is 2.14 bits per heavy atom. The summed E-state index contributed by atoms with van der Waals surface area (Å²) in [6.07, 6.45) is 4.13. The molecule has 4 aromatic rings. The molecular weight excluding hydrogens is 689 g/mol. The van der Waals surface area contributed by atoms with Crippen LogP contribution in [-0.2, 0) is 22.7 Å². The van der Waals surface area contributed by atoms with Crippen LogP contribution in [0.25, 0.3) is 33.6 Å². The number of carbonyl (C=O) groups is 2. The highest BCUT2D eigenvalue weighted by Crippen LogP contribution is 2.42. The predicted molar refractivity (Wildman–Crippen MR) is 187 cm³/mol. The number of hydrogen-bond donors (Lipinski definition) is 4. The van der Waals surface area contributed by atoms with Crippen LogP contribution < -0.4 is 30.7 Å². The normalized spacial score (nSPS) is 17.2. The van der Waals surface area contributed by atoms with E-state index in [0.717, 1.165) is 18.4 Å². The first-order chi connectivity index (χ1) is 24.2. The standard InChI is InChI=1S/C36H36Cl2F2N6O4/c1-49-35-22(17-42-19-24-9-12-31(48)45-24)7-10-28(46-35)27-4-2-3-25(32(27)37)26-13-14-43-34(33(26)38)20-5-6-21(29(15-20)50-36(39)40)16-41-18-23-8-11-30(47)44-23/h2-7,10,13-15,23-24,36,41-42H,8-9,11-12,16-19H2,1H3,(H,44,47)(H,45,48)/t23-,24+/m0/s1. The molecule has 2 aliphatic rings. The van der Waals surface area contributed by atoms with E-state index in [0.29, 0.717) is 82.6 Å². The van der Waals surface area contributed by atoms with Crippen LogP contribution in [-0.4, -0.2) is 60.7 Å². The minimum atomic E-state index is -3.03. The van der Waals surface area contributed by atoms with Crippen molar-refractivity contribution in [1.29, 1.82) is 0 Å². The lowest BCUT2D eigenvalue weighted by Gasteiger charge is -2.17. The van der Waals surface area contributed by atoms with Crippen LogP contribution >= 0.6 is 23.2 Å². The van der Waals surface area contributed by atoms with E-state index in [1.54, 1.807) is 31.5 Å². The van der Waals surface area contributed by atoms with E-state index in [2.05, 4.69) is 26.3 Å². The zero-order valence-electron chi connectivity index (χ0n) is 27.2. The Morgan fingerprint density at radius 1 is 0.860 bits per heavy atom. The monoisotopic (exact) mass is 724 g/mol. The number of aromatic nitrogens is 2. The van der Waals surface area contributed by atoms with Gasteiger partial charge in [-0.05, 0) is 31.0 Å². The van der Waals surface area contributed by atoms with Crippen LogP contribution in [0.15, 0.2) is 60.8 Å². The third-order valence-electron chi connectivity index (χ3n) is 8.73. The van der Waals surface area contributed by atoms with Crippen LogP contribution in [0, 0.1) is 0 Å². The summed E-state index contributed by atoms with van der Waals surface area (Å²) in [6, 6.07) is 16.1. The minimum Gasteiger partial charge on any atom is -0.481 e. The Morgan fingerprint density at radius 2 is 1.50 bits per heavy atom. The lowest BCUT2D eigenvalue weighted by molar-refractivity contribution is -0.120. The fourth-order valence-electron chi connectivity index (χ4n) is 6.20. The molecule has 0 aliphatic carbocycles. The molecule has 2 saturated heterocycles. The lowest BCUT2D eigenvalue weighted by Crippen LogP contribution is -2.35. The number of rotatable bonds is 14. The summed E-state index contributed by atoms with van der Waals surface area (Å²) in [5, 5.41) is 13.1. The molecule has 4 N–H and O–H groups in total. The second-order valence-electron chi connectivity index (χ2n) is 12.1. The van der Waals surface area contributed by atoms with E-state index in [9.17, 15) is 18.4 Å². The smallest absolute Gasteiger partial charge is 0.387 e. The molecule has 0 radical (unpaired) electrons. The Kier molecular flexibility index (Phi) is 11.4. The van der Waals surface area contributed by atoms with Crippen LogP contribution in [0.3, 0.4) is 0 Å². The van der Waals surface area contributed by atoms with Crippen molar-refractivity contribution in [3.8, 4) is 45.3 Å². The first kappa shape index (κ1) is 35.5. The van der Waals surface area contributed by atoms with Gasteiger partial charge in [-0.2, -0.15) is 8.78 Å². The minimum absolute atomic E-state index is 0.00406. The van der Waals surface area contributed by atoms with Crippen molar-refractivity contribution in [2.24, 2.45) is 0 Å². The van der Waals surface area contributed by atoms with Crippen LogP contribution in [0.2, 0.25) is 10.0 Å². The lowest BCUT2D eigenvalue weighted by atomic mass is 9.99. The summed E-state index contributed by atoms with van der Waals surface area (Å²) in [7, 11) is 1.56. The summed E-state index contributed by atoms with van der Waals surface area (Å²) < 4.78 is 37.4. The largest absolute Gasteiger partial charge is 0.481 e. The Hall–Kier alpha value is -4.36. The number of carbonyl (C=O) groups excluding carboxylic acids is 2. The molecule has 50 heavy (non-hydrogen) atoms. The topological polar surface area (TPSA) is 127 Å². The van der Waals surface area contributed by atoms with Gasteiger partial charge in [-0.3, -0.25) is 14.6 Å². The molecule has 4 heterocycles. The molecule has 2 aromatic heterocycles. The first-order valence-electron chi connectivity index (χ1n) is 16.3. The molecule has 0 saturated carbocycles. The second-order valence-corrected chi connectivity index (χ2v) is 12.9. The maximum atomic E-state index is 13.5. The number of hydrogen-bond acceptors (Lipinski definition) is 8. The van der Waals surface area contributed by atoms with Gasteiger partial charge in [0.25, 0.3) is 0 Å². The quantitative estimate of drug-likeness (QED) is 0.122. The van der Waals surface area contributed by atoms with E-state index < -0.39 is 6.61 Å². The van der Waals surface area contributed by atoms with E-state index in [4.69, 9.17) is 37.7 Å². The number of ether oxygens (including phenoxy) is 2. The molecule has 10 nitrogen and oxygen atoms in total. The van der Waals surface area contributed by atoms with Gasteiger partial charge in [0.2, 0.25) is 17.7 Å². The van der Waals surface area contributed by atoms with Crippen LogP contribution in [0.4, 0.5) is 8.78 Å². The number of nitrogens with zero attached hydrogens (tertiary/aromatic N) is 2. The highest BCUT2D eigenvalue weighted by molar-refractivity contribution is 6.39. The molecule has 2 amide bonds. The Balaban J connectivity index is 1.22. The molecule has 2 fully saturated rings. The van der Waals surface area contributed by atoms with E-state index in [1.165, 1.54) is 6.07 Å². The van der Waals surface area contributed by atoms with Gasteiger partial charge < -0.3 is 30.7 Å². The molecule has 2 aliphatic heterocycles. The highest BCUT2D eigenvalue weighted by Gasteiger charge is 2.23. The number of nitrogens with one attached hydrogen (secondary N) is 4. The van der Waals surface area contributed by atoms with Gasteiger partial charge in [-0.15, -0.1) is 0 Å². The second kappa shape index (κ2) is 16.1. The highest BCUT2D eigenvalue weighted by atomic mass is 35.5. The molecular formula is C36H36Cl2F2N6O4. The predicted octanol–water partition coefficient (Wildman–Crippen LogP) is 6.13. The van der Waals surface area contributed by atoms with Crippen molar-refractivity contribution in [3.63, 3.8) is 0 Å². The van der Waals surface area contributed by atoms with Gasteiger partial charge in [0.05, 0.1) is 28.5 Å². The Labute approximate surface area is 298 Å². The number of pyridine rings is 2. The Bertz CT molecular complexity index is 1880. The molecule has 0 spiro atoms. The summed E-state index contributed by atoms with van der Waals surface area (Å²) in [6.45, 7) is -1.12. The molecule has 0 bridgehead atoms. The third-order valence-corrected chi connectivity index (χ3v) is 9.52. The van der Waals surface area contributed by atoms with Gasteiger partial charge in [0.1, 0.15) is 5.75 Å². The SMILES string of the molecule is COc1nc(-c2cccc(-c3ccnc(-c4ccc(CNC[C@@H]5CCC(=O)N5)c(OC(F)F)c4)c3Cl)c2Cl)ccc1CNC[C@H]1CCC(=O)N1. The van der Waals surface area contributed by atoms with Crippen LogP contribution in [0.5, 0.6) is 11.6 Å². The number of benzene rings is 2. The maximum Gasteiger partial charge on any atom is 0.387 e. The van der Waals surface area contributed by atoms with Crippen molar-refractivity contribution in [2.75, 3.05) is 20.2 Å². The molecule has 0 unspecified atom stereocenters. The summed E-state index contributed by atoms with van der Waals surface area (Å²) in [5.41, 5.74) is 4.71. The zero-order valence-corrected chi connectivity index (χ0v) is 28.7. The molecule has 2 atom stereocenters. The van der Waals surface area contributed by atoms with Gasteiger partial charge in [0, 0.05) is 90.7 Å². The average Bonchev–Trinajstić information content (AvgIpc) is 3.72. The number of amides is 2. The van der Waals surface area contributed by atoms with Crippen molar-refractivity contribution in [2.45, 2.75) is 57.5 Å². The molecule has 262 valence electrons. The number of alkyl halides is 2. The fourth-order valence-corrected chi connectivity index (χ4v) is 6.85. The van der Waals surface area contributed by atoms with E-state index >= 15 is 0 Å². The summed E-state index contributed by atoms with van der Waals surface area (Å²) >= 11 is 14.0. The van der Waals surface area contributed by atoms with E-state index in [1.807, 2.05) is 30.3 Å². The summed E-state index contributed by atoms with van der Waals surface area (Å²) in [4.78, 5) is 32.2. The van der Waals surface area contributed by atoms with E-state index in [-0.39, 0.29) is 41.2 Å². The summed E-state index contributed by atoms with van der Waals surface area (Å²) in [5.74, 6) is 0.518. The van der Waals surface area contributed by atoms with Gasteiger partial charge >= 0.3 is 6.61 Å².